The van der Waals surface area contributed by atoms with Crippen molar-refractivity contribution in [1.82, 2.24) is 10.2 Å². The van der Waals surface area contributed by atoms with E-state index in [1.54, 1.807) is 18.2 Å². The summed E-state index contributed by atoms with van der Waals surface area (Å²) in [4.78, 5) is 43.3. The molecule has 0 bridgehead atoms. The fourth-order valence-electron chi connectivity index (χ4n) is 5.42. The molecule has 202 valence electrons. The Morgan fingerprint density at radius 3 is 2.47 bits per heavy atom. The van der Waals surface area contributed by atoms with Crippen molar-refractivity contribution in [3.8, 4) is 0 Å². The van der Waals surface area contributed by atoms with Gasteiger partial charge in [0.2, 0.25) is 0 Å². The number of carboxylic acid groups (broad SMARTS) is 1. The normalized spacial score (nSPS) is 21.2. The van der Waals surface area contributed by atoms with Gasteiger partial charge in [0.15, 0.2) is 0 Å². The van der Waals surface area contributed by atoms with Gasteiger partial charge in [-0.2, -0.15) is 0 Å². The summed E-state index contributed by atoms with van der Waals surface area (Å²) in [5.41, 5.74) is 1.39. The van der Waals surface area contributed by atoms with E-state index < -0.39 is 17.4 Å². The molecule has 2 N–H and O–H groups in total. The van der Waals surface area contributed by atoms with Crippen molar-refractivity contribution >= 4 is 35.1 Å². The average molecular weight is 542 g/mol. The highest BCUT2D eigenvalue weighted by Crippen LogP contribution is 2.43. The number of carbonyl (C=O) groups is 3. The third-order valence-electron chi connectivity index (χ3n) is 7.64. The van der Waals surface area contributed by atoms with Crippen LogP contribution in [0, 0.1) is 17.7 Å². The molecule has 4 rings (SSSR count). The van der Waals surface area contributed by atoms with Gasteiger partial charge in [0, 0.05) is 29.2 Å². The molecule has 2 amide bonds. The highest BCUT2D eigenvalue weighted by Gasteiger charge is 2.49. The van der Waals surface area contributed by atoms with Gasteiger partial charge < -0.3 is 15.3 Å². The quantitative estimate of drug-likeness (QED) is 0.461. The zero-order valence-corrected chi connectivity index (χ0v) is 22.4. The summed E-state index contributed by atoms with van der Waals surface area (Å²) in [6, 6.07) is 11.2. The van der Waals surface area contributed by atoms with E-state index >= 15 is 0 Å². The molecule has 2 aromatic rings. The lowest BCUT2D eigenvalue weighted by atomic mass is 9.76. The SMILES string of the molecule is CC(C)C1CCC2(CC1)N=C(c1cc(F)cc(Cl)c1)C(=O)N2CCc1ccc(C(=O)NCCC(=O)O)cc1. The Balaban J connectivity index is 1.50. The third kappa shape index (κ3) is 6.23. The zero-order valence-electron chi connectivity index (χ0n) is 21.7. The van der Waals surface area contributed by atoms with Crippen LogP contribution >= 0.6 is 11.6 Å². The number of hydrogen-bond acceptors (Lipinski definition) is 4. The van der Waals surface area contributed by atoms with Crippen molar-refractivity contribution < 1.29 is 23.9 Å². The standard InChI is InChI=1S/C29H33ClFN3O4/c1-18(2)20-7-11-29(12-8-20)33-26(22-15-23(30)17-24(31)16-22)28(38)34(29)14-10-19-3-5-21(6-4-19)27(37)32-13-9-25(35)36/h3-6,15-18,20H,7-14H2,1-2H3,(H,32,37)(H,35,36). The van der Waals surface area contributed by atoms with E-state index in [0.29, 0.717) is 35.9 Å². The molecule has 0 radical (unpaired) electrons. The highest BCUT2D eigenvalue weighted by molar-refractivity contribution is 6.47. The fraction of sp³-hybridized carbons (Fsp3) is 0.448. The van der Waals surface area contributed by atoms with Gasteiger partial charge in [-0.1, -0.05) is 37.6 Å². The van der Waals surface area contributed by atoms with E-state index in [1.165, 1.54) is 12.1 Å². The monoisotopic (exact) mass is 541 g/mol. The molecular weight excluding hydrogens is 509 g/mol. The van der Waals surface area contributed by atoms with E-state index in [4.69, 9.17) is 21.7 Å². The van der Waals surface area contributed by atoms with Crippen LogP contribution in [0.4, 0.5) is 4.39 Å². The van der Waals surface area contributed by atoms with Crippen LogP contribution in [0.5, 0.6) is 0 Å². The summed E-state index contributed by atoms with van der Waals surface area (Å²) in [5.74, 6) is -0.895. The van der Waals surface area contributed by atoms with Crippen LogP contribution < -0.4 is 5.32 Å². The van der Waals surface area contributed by atoms with Gasteiger partial charge >= 0.3 is 5.97 Å². The number of carbonyl (C=O) groups excluding carboxylic acids is 2. The summed E-state index contributed by atoms with van der Waals surface area (Å²) in [6.07, 6.45) is 3.86. The molecule has 1 aliphatic carbocycles. The van der Waals surface area contributed by atoms with Crippen molar-refractivity contribution in [3.63, 3.8) is 0 Å². The Morgan fingerprint density at radius 2 is 1.87 bits per heavy atom. The Bertz CT molecular complexity index is 1220. The first-order valence-electron chi connectivity index (χ1n) is 13.1. The number of rotatable bonds is 9. The molecule has 2 aromatic carbocycles. The molecule has 1 heterocycles. The van der Waals surface area contributed by atoms with Gasteiger partial charge in [0.25, 0.3) is 11.8 Å². The second-order valence-electron chi connectivity index (χ2n) is 10.5. The number of nitrogens with zero attached hydrogens (tertiary/aromatic N) is 2. The molecule has 0 atom stereocenters. The molecule has 9 heteroatoms. The van der Waals surface area contributed by atoms with Crippen LogP contribution in [0.2, 0.25) is 5.02 Å². The number of carboxylic acids is 1. The van der Waals surface area contributed by atoms with Gasteiger partial charge in [-0.05, 0) is 79.8 Å². The van der Waals surface area contributed by atoms with Crippen LogP contribution in [0.3, 0.4) is 0 Å². The Labute approximate surface area is 227 Å². The molecule has 1 fully saturated rings. The zero-order chi connectivity index (χ0) is 27.4. The molecule has 1 aliphatic heterocycles. The topological polar surface area (TPSA) is 99.1 Å². The summed E-state index contributed by atoms with van der Waals surface area (Å²) in [7, 11) is 0. The van der Waals surface area contributed by atoms with Gasteiger partial charge in [-0.15, -0.1) is 0 Å². The van der Waals surface area contributed by atoms with Crippen molar-refractivity contribution in [1.29, 1.82) is 0 Å². The first-order chi connectivity index (χ1) is 18.1. The van der Waals surface area contributed by atoms with Crippen LogP contribution in [0.1, 0.15) is 67.4 Å². The number of aliphatic imine (C=N–C) groups is 1. The van der Waals surface area contributed by atoms with E-state index in [-0.39, 0.29) is 35.5 Å². The van der Waals surface area contributed by atoms with Crippen LogP contribution in [0.15, 0.2) is 47.5 Å². The second kappa shape index (κ2) is 11.6. The summed E-state index contributed by atoms with van der Waals surface area (Å²) < 4.78 is 14.1. The lowest BCUT2D eigenvalue weighted by Crippen LogP contribution is -2.50. The third-order valence-corrected chi connectivity index (χ3v) is 7.86. The number of benzene rings is 2. The second-order valence-corrected chi connectivity index (χ2v) is 10.9. The van der Waals surface area contributed by atoms with Crippen LogP contribution in [-0.4, -0.2) is 52.3 Å². The van der Waals surface area contributed by atoms with Crippen molar-refractivity contribution in [3.05, 3.63) is 70.0 Å². The smallest absolute Gasteiger partial charge is 0.305 e. The van der Waals surface area contributed by atoms with Crippen molar-refractivity contribution in [2.75, 3.05) is 13.1 Å². The minimum Gasteiger partial charge on any atom is -0.481 e. The van der Waals surface area contributed by atoms with Gasteiger partial charge in [0.1, 0.15) is 17.2 Å². The van der Waals surface area contributed by atoms with Gasteiger partial charge in [-0.3, -0.25) is 19.4 Å². The van der Waals surface area contributed by atoms with E-state index in [1.807, 2.05) is 17.0 Å². The highest BCUT2D eigenvalue weighted by atomic mass is 35.5. The van der Waals surface area contributed by atoms with E-state index in [0.717, 1.165) is 31.2 Å². The lowest BCUT2D eigenvalue weighted by Gasteiger charge is -2.42. The van der Waals surface area contributed by atoms with Crippen molar-refractivity contribution in [2.45, 2.75) is 58.0 Å². The summed E-state index contributed by atoms with van der Waals surface area (Å²) in [6.45, 7) is 4.94. The average Bonchev–Trinajstić information content (AvgIpc) is 3.13. The van der Waals surface area contributed by atoms with E-state index in [9.17, 15) is 18.8 Å². The van der Waals surface area contributed by atoms with Crippen molar-refractivity contribution in [2.24, 2.45) is 16.8 Å². The lowest BCUT2D eigenvalue weighted by molar-refractivity contribution is -0.136. The number of halogens is 2. The van der Waals surface area contributed by atoms with Crippen LogP contribution in [-0.2, 0) is 16.0 Å². The summed E-state index contributed by atoms with van der Waals surface area (Å²) in [5, 5.41) is 11.5. The summed E-state index contributed by atoms with van der Waals surface area (Å²) >= 11 is 6.09. The molecular formula is C29H33ClFN3O4. The molecule has 2 aliphatic rings. The largest absolute Gasteiger partial charge is 0.481 e. The Morgan fingerprint density at radius 1 is 1.18 bits per heavy atom. The van der Waals surface area contributed by atoms with E-state index in [2.05, 4.69) is 19.2 Å². The van der Waals surface area contributed by atoms with Crippen LogP contribution in [0.25, 0.3) is 0 Å². The first kappa shape index (κ1) is 27.8. The molecule has 1 spiro atoms. The predicted molar refractivity (Wildman–Crippen MR) is 144 cm³/mol. The Kier molecular flexibility index (Phi) is 8.51. The maximum absolute atomic E-state index is 14.1. The number of hydrogen-bond donors (Lipinski definition) is 2. The van der Waals surface area contributed by atoms with Gasteiger partial charge in [0.05, 0.1) is 6.42 Å². The molecule has 0 saturated heterocycles. The minimum absolute atomic E-state index is 0.0611. The molecule has 7 nitrogen and oxygen atoms in total. The minimum atomic E-state index is -0.972. The maximum Gasteiger partial charge on any atom is 0.305 e. The first-order valence-corrected chi connectivity index (χ1v) is 13.4. The molecule has 1 saturated carbocycles. The number of amides is 2. The predicted octanol–water partition coefficient (Wildman–Crippen LogP) is 5.10. The molecule has 0 aromatic heterocycles. The Hall–Kier alpha value is -3.26. The number of nitrogens with one attached hydrogen (secondary N) is 1. The van der Waals surface area contributed by atoms with Gasteiger partial charge in [-0.25, -0.2) is 4.39 Å². The fourth-order valence-corrected chi connectivity index (χ4v) is 5.64. The number of aliphatic carboxylic acids is 1. The molecule has 0 unspecified atom stereocenters. The maximum atomic E-state index is 14.1. The molecule has 38 heavy (non-hydrogen) atoms.